The molecular formula is C26H19N5O13S4. The molecule has 0 unspecified atom stereocenters. The van der Waals surface area contributed by atoms with Crippen molar-refractivity contribution in [3.05, 3.63) is 72.8 Å². The summed E-state index contributed by atoms with van der Waals surface area (Å²) in [5.41, 5.74) is 5.87. The molecule has 0 atom stereocenters. The predicted molar refractivity (Wildman–Crippen MR) is 170 cm³/mol. The van der Waals surface area contributed by atoms with Crippen LogP contribution in [-0.2, 0) is 39.0 Å². The summed E-state index contributed by atoms with van der Waals surface area (Å²) in [6, 6.07) is 16.3. The van der Waals surface area contributed by atoms with Gasteiger partial charge >= 0.3 is 0 Å². The first kappa shape index (κ1) is 35.0. The van der Waals surface area contributed by atoms with Crippen LogP contribution in [-0.4, -0.2) is 41.6 Å². The van der Waals surface area contributed by atoms with E-state index in [9.17, 15) is 31.0 Å². The number of hydrogen-bond donors (Lipinski definition) is 6. The molecule has 0 aliphatic rings. The lowest BCUT2D eigenvalue weighted by atomic mass is 10.1. The van der Waals surface area contributed by atoms with Gasteiger partial charge < -0.3 is 10.8 Å². The Balaban J connectivity index is 1.61. The Morgan fingerprint density at radius 3 is 1.96 bits per heavy atom. The Hall–Kier alpha value is -4.30. The molecule has 0 saturated carbocycles. The van der Waals surface area contributed by atoms with Gasteiger partial charge in [-0.3, -0.25) is 9.11 Å². The van der Waals surface area contributed by atoms with Crippen LogP contribution in [0.2, 0.25) is 0 Å². The van der Waals surface area contributed by atoms with Crippen LogP contribution in [0.25, 0.3) is 21.5 Å². The summed E-state index contributed by atoms with van der Waals surface area (Å²) in [6.07, 6.45) is 0. The summed E-state index contributed by atoms with van der Waals surface area (Å²) in [4.78, 5) is -0.568. The van der Waals surface area contributed by atoms with E-state index in [1.54, 1.807) is 24.3 Å². The summed E-state index contributed by atoms with van der Waals surface area (Å²) < 4.78 is 75.5. The van der Waals surface area contributed by atoms with Gasteiger partial charge in [0, 0.05) is 21.1 Å². The van der Waals surface area contributed by atoms with Crippen molar-refractivity contribution in [2.75, 3.05) is 5.73 Å². The van der Waals surface area contributed by atoms with Gasteiger partial charge in [-0.15, -0.1) is 24.0 Å². The number of nitrogens with two attached hydrogens (primary N) is 1. The molecule has 48 heavy (non-hydrogen) atoms. The number of azo groups is 2. The zero-order chi connectivity index (χ0) is 34.6. The van der Waals surface area contributed by atoms with Crippen molar-refractivity contribution < 1.29 is 60.3 Å². The van der Waals surface area contributed by atoms with Crippen molar-refractivity contribution in [1.29, 1.82) is 0 Å². The Bertz CT molecular complexity index is 2300. The van der Waals surface area contributed by atoms with Gasteiger partial charge in [-0.1, -0.05) is 16.1 Å². The summed E-state index contributed by atoms with van der Waals surface area (Å²) in [7, 11) is -9.39. The van der Waals surface area contributed by atoms with Gasteiger partial charge in [0.2, 0.25) is 0 Å². The number of anilines is 1. The predicted octanol–water partition coefficient (Wildman–Crippen LogP) is 7.46. The Labute approximate surface area is 278 Å². The fraction of sp³-hybridized carbons (Fsp3) is 0. The van der Waals surface area contributed by atoms with E-state index in [-0.39, 0.29) is 43.8 Å². The van der Waals surface area contributed by atoms with Crippen LogP contribution >= 0.6 is 24.1 Å². The number of phenols is 1. The third kappa shape index (κ3) is 7.87. The van der Waals surface area contributed by atoms with Crippen LogP contribution < -0.4 is 5.73 Å². The zero-order valence-corrected chi connectivity index (χ0v) is 26.7. The molecular weight excluding hydrogens is 719 g/mol. The number of aromatic hydroxyl groups is 1. The monoisotopic (exact) mass is 737 g/mol. The van der Waals surface area contributed by atoms with Gasteiger partial charge in [0.05, 0.1) is 56.6 Å². The fourth-order valence-electron chi connectivity index (χ4n) is 4.30. The number of benzene rings is 5. The molecule has 0 fully saturated rings. The minimum absolute atomic E-state index is 0.00160. The number of rotatable bonds is 12. The Kier molecular flexibility index (Phi) is 10.5. The largest absolute Gasteiger partial charge is 0.505 e. The molecule has 18 nitrogen and oxygen atoms in total. The van der Waals surface area contributed by atoms with Crippen molar-refractivity contribution >= 4 is 94.3 Å². The zero-order valence-electron chi connectivity index (χ0n) is 23.4. The molecule has 0 amide bonds. The van der Waals surface area contributed by atoms with Crippen molar-refractivity contribution in [1.82, 2.24) is 0 Å². The molecule has 0 heterocycles. The second-order valence-corrected chi connectivity index (χ2v) is 13.6. The number of nitrogens with zero attached hydrogens (tertiary/aromatic N) is 4. The smallest absolute Gasteiger partial charge is 0.296 e. The van der Waals surface area contributed by atoms with E-state index in [2.05, 4.69) is 39.2 Å². The number of hydrogen-bond acceptors (Lipinski definition) is 18. The molecule has 0 aliphatic heterocycles. The van der Waals surface area contributed by atoms with E-state index < -0.39 is 35.8 Å². The first-order chi connectivity index (χ1) is 22.8. The standard InChI is InChI=1S/C26H19N5O13S4/c27-20-12-18-13(10-24(20)48(38,39)40)9-23(46-44-42-34)25(26(18)32)31-30-22-8-7-21(17-6-5-16(11-19(17)22)47(35,36)37)29-28-14-1-3-15(4-2-14)45-43-41-33/h1-12,32-34H,27H2,(H,35,36,37)(H,38,39,40). The lowest BCUT2D eigenvalue weighted by Gasteiger charge is -2.11. The molecule has 0 aromatic heterocycles. The molecule has 5 aromatic carbocycles. The van der Waals surface area contributed by atoms with E-state index in [0.29, 0.717) is 28.0 Å². The van der Waals surface area contributed by atoms with Crippen molar-refractivity contribution in [3.63, 3.8) is 0 Å². The molecule has 0 aliphatic carbocycles. The summed E-state index contributed by atoms with van der Waals surface area (Å²) >= 11 is 1.11. The molecule has 0 saturated heterocycles. The number of phenolic OH excluding ortho intramolecular Hbond substituents is 1. The second kappa shape index (κ2) is 14.4. The summed E-state index contributed by atoms with van der Waals surface area (Å²) in [5, 5.41) is 52.5. The average Bonchev–Trinajstić information content (AvgIpc) is 3.04. The summed E-state index contributed by atoms with van der Waals surface area (Å²) in [5.74, 6) is -0.568. The van der Waals surface area contributed by atoms with Crippen LogP contribution in [0.15, 0.2) is 113 Å². The Morgan fingerprint density at radius 2 is 1.31 bits per heavy atom. The maximum atomic E-state index is 12.0. The van der Waals surface area contributed by atoms with Crippen LogP contribution in [0.4, 0.5) is 28.4 Å². The van der Waals surface area contributed by atoms with Gasteiger partial charge in [-0.05, 0) is 72.1 Å². The molecule has 0 bridgehead atoms. The fourth-order valence-corrected chi connectivity index (χ4v) is 6.29. The molecule has 0 radical (unpaired) electrons. The highest BCUT2D eigenvalue weighted by atomic mass is 32.2. The minimum atomic E-state index is -4.73. The Morgan fingerprint density at radius 1 is 0.667 bits per heavy atom. The van der Waals surface area contributed by atoms with E-state index in [0.717, 1.165) is 36.3 Å². The molecule has 7 N–H and O–H groups in total. The molecule has 250 valence electrons. The first-order valence-corrected chi connectivity index (χ1v) is 17.0. The highest BCUT2D eigenvalue weighted by Crippen LogP contribution is 2.46. The maximum Gasteiger partial charge on any atom is 0.296 e. The van der Waals surface area contributed by atoms with Gasteiger partial charge in [-0.2, -0.15) is 21.9 Å². The second-order valence-electron chi connectivity index (χ2n) is 9.29. The van der Waals surface area contributed by atoms with Crippen LogP contribution in [0, 0.1) is 0 Å². The van der Waals surface area contributed by atoms with Crippen LogP contribution in [0.5, 0.6) is 5.75 Å². The van der Waals surface area contributed by atoms with E-state index in [1.807, 2.05) is 0 Å². The quantitative estimate of drug-likeness (QED) is 0.0181. The van der Waals surface area contributed by atoms with E-state index >= 15 is 0 Å². The lowest BCUT2D eigenvalue weighted by Crippen LogP contribution is -2.03. The van der Waals surface area contributed by atoms with Crippen molar-refractivity contribution in [2.24, 2.45) is 20.5 Å². The van der Waals surface area contributed by atoms with Crippen molar-refractivity contribution in [3.8, 4) is 5.75 Å². The van der Waals surface area contributed by atoms with Crippen molar-refractivity contribution in [2.45, 2.75) is 19.6 Å². The van der Waals surface area contributed by atoms with Gasteiger partial charge in [0.15, 0.2) is 5.75 Å². The number of nitrogen functional groups attached to an aromatic ring is 1. The van der Waals surface area contributed by atoms with E-state index in [1.165, 1.54) is 24.3 Å². The SMILES string of the molecule is Nc1cc2c(O)c(N=Nc3ccc(N=Nc4ccc(SOOO)cc4)c4ccc(S(=O)(=O)O)cc34)c(SOOO)cc2cc1S(=O)(=O)O. The highest BCUT2D eigenvalue weighted by Gasteiger charge is 2.21. The molecule has 22 heteroatoms. The normalized spacial score (nSPS) is 12.6. The van der Waals surface area contributed by atoms with Crippen LogP contribution in [0.1, 0.15) is 0 Å². The molecule has 5 rings (SSSR count). The third-order valence-electron chi connectivity index (χ3n) is 6.38. The molecule has 0 spiro atoms. The first-order valence-electron chi connectivity index (χ1n) is 12.6. The molecule has 5 aromatic rings. The highest BCUT2D eigenvalue weighted by molar-refractivity contribution is 7.95. The summed E-state index contributed by atoms with van der Waals surface area (Å²) in [6.45, 7) is 0. The number of fused-ring (bicyclic) bond motifs is 2. The average molecular weight is 738 g/mol. The lowest BCUT2D eigenvalue weighted by molar-refractivity contribution is -0.432. The van der Waals surface area contributed by atoms with Crippen LogP contribution in [0.3, 0.4) is 0 Å². The van der Waals surface area contributed by atoms with E-state index in [4.69, 9.17) is 16.2 Å². The van der Waals surface area contributed by atoms with Gasteiger partial charge in [0.1, 0.15) is 10.6 Å². The van der Waals surface area contributed by atoms with Gasteiger partial charge in [-0.25, -0.2) is 10.5 Å². The third-order valence-corrected chi connectivity index (χ3v) is 9.35. The maximum absolute atomic E-state index is 12.0. The van der Waals surface area contributed by atoms with Gasteiger partial charge in [0.25, 0.3) is 20.2 Å². The topological polar surface area (TPSA) is 282 Å². The minimum Gasteiger partial charge on any atom is -0.505 e.